The molecule has 0 atom stereocenters. The average molecular weight is 398 g/mol. The SMILES string of the molecule is CCCCc1nc2cnc3cccnc3c2n1CCCCNC(=O)OC(C)(C)C. The number of amides is 1. The van der Waals surface area contributed by atoms with Crippen molar-refractivity contribution in [3.05, 3.63) is 30.4 Å². The lowest BCUT2D eigenvalue weighted by Crippen LogP contribution is -2.33. The lowest BCUT2D eigenvalue weighted by atomic mass is 10.2. The van der Waals surface area contributed by atoms with Gasteiger partial charge in [-0.25, -0.2) is 9.78 Å². The summed E-state index contributed by atoms with van der Waals surface area (Å²) in [5.74, 6) is 1.09. The maximum atomic E-state index is 11.8. The number of aromatic nitrogens is 4. The number of rotatable bonds is 8. The van der Waals surface area contributed by atoms with E-state index in [0.717, 1.165) is 66.5 Å². The molecule has 3 heterocycles. The number of imidazole rings is 1. The number of aryl methyl sites for hydroxylation is 2. The monoisotopic (exact) mass is 397 g/mol. The number of pyridine rings is 2. The first-order chi connectivity index (χ1) is 13.9. The summed E-state index contributed by atoms with van der Waals surface area (Å²) in [4.78, 5) is 25.7. The molecule has 0 aliphatic rings. The molecule has 7 heteroatoms. The Bertz CT molecular complexity index is 974. The van der Waals surface area contributed by atoms with Crippen LogP contribution in [0.5, 0.6) is 0 Å². The van der Waals surface area contributed by atoms with Crippen molar-refractivity contribution in [2.75, 3.05) is 6.54 Å². The summed E-state index contributed by atoms with van der Waals surface area (Å²) in [5, 5.41) is 2.83. The van der Waals surface area contributed by atoms with Crippen LogP contribution in [0.3, 0.4) is 0 Å². The topological polar surface area (TPSA) is 81.9 Å². The molecule has 1 amide bonds. The average Bonchev–Trinajstić information content (AvgIpc) is 3.02. The van der Waals surface area contributed by atoms with Gasteiger partial charge >= 0.3 is 6.09 Å². The molecule has 0 aromatic carbocycles. The number of nitrogens with one attached hydrogen (secondary N) is 1. The summed E-state index contributed by atoms with van der Waals surface area (Å²) < 4.78 is 7.57. The van der Waals surface area contributed by atoms with Gasteiger partial charge in [0.1, 0.15) is 22.5 Å². The second kappa shape index (κ2) is 9.20. The van der Waals surface area contributed by atoms with E-state index in [2.05, 4.69) is 26.8 Å². The number of ether oxygens (including phenoxy) is 1. The second-order valence-corrected chi connectivity index (χ2v) is 8.28. The van der Waals surface area contributed by atoms with Crippen LogP contribution in [-0.4, -0.2) is 37.8 Å². The van der Waals surface area contributed by atoms with E-state index in [9.17, 15) is 4.79 Å². The molecule has 0 spiro atoms. The Morgan fingerprint density at radius 1 is 1.17 bits per heavy atom. The molecule has 0 saturated heterocycles. The van der Waals surface area contributed by atoms with Crippen LogP contribution in [0.4, 0.5) is 4.79 Å². The minimum atomic E-state index is -0.476. The quantitative estimate of drug-likeness (QED) is 0.561. The molecule has 156 valence electrons. The number of hydrogen-bond donors (Lipinski definition) is 1. The van der Waals surface area contributed by atoms with Crippen LogP contribution in [0.25, 0.3) is 22.1 Å². The molecule has 0 fully saturated rings. The van der Waals surface area contributed by atoms with E-state index in [1.54, 1.807) is 6.20 Å². The van der Waals surface area contributed by atoms with Crippen molar-refractivity contribution in [2.24, 2.45) is 0 Å². The van der Waals surface area contributed by atoms with E-state index in [1.807, 2.05) is 39.1 Å². The third-order valence-corrected chi connectivity index (χ3v) is 4.64. The normalized spacial score (nSPS) is 11.9. The Balaban J connectivity index is 1.71. The van der Waals surface area contributed by atoms with E-state index < -0.39 is 5.60 Å². The van der Waals surface area contributed by atoms with Gasteiger partial charge in [0.05, 0.1) is 17.2 Å². The summed E-state index contributed by atoms with van der Waals surface area (Å²) in [6, 6.07) is 3.89. The highest BCUT2D eigenvalue weighted by molar-refractivity contribution is 5.99. The molecule has 0 radical (unpaired) electrons. The zero-order chi connectivity index (χ0) is 20.9. The Morgan fingerprint density at radius 3 is 2.76 bits per heavy atom. The lowest BCUT2D eigenvalue weighted by Gasteiger charge is -2.19. The number of hydrogen-bond acceptors (Lipinski definition) is 5. The van der Waals surface area contributed by atoms with E-state index in [4.69, 9.17) is 9.72 Å². The van der Waals surface area contributed by atoms with Crippen LogP contribution in [0.2, 0.25) is 0 Å². The van der Waals surface area contributed by atoms with E-state index in [0.29, 0.717) is 6.54 Å². The van der Waals surface area contributed by atoms with Crippen molar-refractivity contribution in [1.29, 1.82) is 0 Å². The van der Waals surface area contributed by atoms with Crippen molar-refractivity contribution < 1.29 is 9.53 Å². The van der Waals surface area contributed by atoms with Crippen LogP contribution < -0.4 is 5.32 Å². The fraction of sp³-hybridized carbons (Fsp3) is 0.545. The number of alkyl carbamates (subject to hydrolysis) is 1. The predicted octanol–water partition coefficient (Wildman–Crippen LogP) is 4.63. The standard InChI is InChI=1S/C22H31N5O2/c1-5-6-11-18-26-17-15-25-16-10-9-13-23-19(16)20(17)27(18)14-8-7-12-24-21(28)29-22(2,3)4/h9-10,13,15H,5-8,11-12,14H2,1-4H3,(H,24,28). The minimum Gasteiger partial charge on any atom is -0.444 e. The van der Waals surface area contributed by atoms with Crippen molar-refractivity contribution in [2.45, 2.75) is 71.9 Å². The van der Waals surface area contributed by atoms with Gasteiger partial charge in [-0.05, 0) is 52.2 Å². The molecule has 3 aromatic heterocycles. The fourth-order valence-electron chi connectivity index (χ4n) is 3.34. The van der Waals surface area contributed by atoms with E-state index >= 15 is 0 Å². The minimum absolute atomic E-state index is 0.365. The first kappa shape index (κ1) is 21.0. The number of fused-ring (bicyclic) bond motifs is 3. The summed E-state index contributed by atoms with van der Waals surface area (Å²) in [7, 11) is 0. The Kier molecular flexibility index (Phi) is 6.67. The van der Waals surface area contributed by atoms with Crippen LogP contribution in [0.15, 0.2) is 24.5 Å². The maximum absolute atomic E-state index is 11.8. The van der Waals surface area contributed by atoms with Crippen molar-refractivity contribution in [3.63, 3.8) is 0 Å². The molecule has 3 aromatic rings. The molecule has 0 aliphatic carbocycles. The highest BCUT2D eigenvalue weighted by Crippen LogP contribution is 2.24. The molecule has 0 aliphatic heterocycles. The third kappa shape index (κ3) is 5.43. The first-order valence-corrected chi connectivity index (χ1v) is 10.4. The molecule has 0 saturated carbocycles. The largest absolute Gasteiger partial charge is 0.444 e. The number of unbranched alkanes of at least 4 members (excludes halogenated alkanes) is 2. The van der Waals surface area contributed by atoms with Gasteiger partial charge < -0.3 is 14.6 Å². The number of carbonyl (C=O) groups is 1. The molecule has 0 unspecified atom stereocenters. The molecule has 1 N–H and O–H groups in total. The van der Waals surface area contributed by atoms with Crippen LogP contribution in [-0.2, 0) is 17.7 Å². The van der Waals surface area contributed by atoms with Gasteiger partial charge in [-0.3, -0.25) is 9.97 Å². The summed E-state index contributed by atoms with van der Waals surface area (Å²) in [5.41, 5.74) is 3.26. The second-order valence-electron chi connectivity index (χ2n) is 8.28. The van der Waals surface area contributed by atoms with Gasteiger partial charge in [0.2, 0.25) is 0 Å². The van der Waals surface area contributed by atoms with Gasteiger partial charge in [0.15, 0.2) is 0 Å². The smallest absolute Gasteiger partial charge is 0.407 e. The highest BCUT2D eigenvalue weighted by Gasteiger charge is 2.16. The zero-order valence-corrected chi connectivity index (χ0v) is 17.9. The zero-order valence-electron chi connectivity index (χ0n) is 17.9. The summed E-state index contributed by atoms with van der Waals surface area (Å²) >= 11 is 0. The van der Waals surface area contributed by atoms with Crippen molar-refractivity contribution in [3.8, 4) is 0 Å². The summed E-state index contributed by atoms with van der Waals surface area (Å²) in [6.07, 6.45) is 8.24. The Labute approximate surface area is 171 Å². The van der Waals surface area contributed by atoms with Gasteiger partial charge in [0, 0.05) is 25.7 Å². The predicted molar refractivity (Wildman–Crippen MR) is 115 cm³/mol. The molecule has 0 bridgehead atoms. The van der Waals surface area contributed by atoms with Gasteiger partial charge in [-0.2, -0.15) is 0 Å². The van der Waals surface area contributed by atoms with E-state index in [1.165, 1.54) is 0 Å². The molecular weight excluding hydrogens is 366 g/mol. The number of nitrogens with zero attached hydrogens (tertiary/aromatic N) is 4. The van der Waals surface area contributed by atoms with Crippen molar-refractivity contribution in [1.82, 2.24) is 24.8 Å². The van der Waals surface area contributed by atoms with Gasteiger partial charge in [-0.15, -0.1) is 0 Å². The third-order valence-electron chi connectivity index (χ3n) is 4.64. The van der Waals surface area contributed by atoms with Gasteiger partial charge in [0.25, 0.3) is 0 Å². The Morgan fingerprint density at radius 2 is 2.00 bits per heavy atom. The molecule has 3 rings (SSSR count). The first-order valence-electron chi connectivity index (χ1n) is 10.4. The summed E-state index contributed by atoms with van der Waals surface area (Å²) in [6.45, 7) is 9.20. The number of carbonyl (C=O) groups excluding carboxylic acids is 1. The lowest BCUT2D eigenvalue weighted by molar-refractivity contribution is 0.0527. The highest BCUT2D eigenvalue weighted by atomic mass is 16.6. The van der Waals surface area contributed by atoms with Crippen LogP contribution >= 0.6 is 0 Å². The molecule has 29 heavy (non-hydrogen) atoms. The van der Waals surface area contributed by atoms with Crippen molar-refractivity contribution >= 4 is 28.2 Å². The van der Waals surface area contributed by atoms with E-state index in [-0.39, 0.29) is 6.09 Å². The van der Waals surface area contributed by atoms with Crippen LogP contribution in [0.1, 0.15) is 59.2 Å². The Hall–Kier alpha value is -2.70. The van der Waals surface area contributed by atoms with Gasteiger partial charge in [-0.1, -0.05) is 13.3 Å². The fourth-order valence-corrected chi connectivity index (χ4v) is 3.34. The maximum Gasteiger partial charge on any atom is 0.407 e. The molecular formula is C22H31N5O2. The molecule has 7 nitrogen and oxygen atoms in total. The van der Waals surface area contributed by atoms with Crippen LogP contribution in [0, 0.1) is 0 Å².